The third-order valence-electron chi connectivity index (χ3n) is 3.84. The minimum absolute atomic E-state index is 0.723. The standard InChI is InChI=1S/C16H19N3/c1-11-13-7-3-5-9-15(13)19-16(18-11)10-12-6-2-4-8-14(12)17/h2,4,6,8H,3,5,7,9-10,17H2,1H3. The predicted molar refractivity (Wildman–Crippen MR) is 77.1 cm³/mol. The lowest BCUT2D eigenvalue weighted by Crippen LogP contribution is -2.12. The van der Waals surface area contributed by atoms with Gasteiger partial charge in [0.15, 0.2) is 0 Å². The van der Waals surface area contributed by atoms with E-state index < -0.39 is 0 Å². The van der Waals surface area contributed by atoms with Gasteiger partial charge in [0.05, 0.1) is 0 Å². The Morgan fingerprint density at radius 1 is 1.11 bits per heavy atom. The maximum absolute atomic E-state index is 5.99. The molecule has 3 nitrogen and oxygen atoms in total. The molecule has 1 aromatic carbocycles. The number of hydrogen-bond donors (Lipinski definition) is 1. The average Bonchev–Trinajstić information content (AvgIpc) is 2.42. The highest BCUT2D eigenvalue weighted by Crippen LogP contribution is 2.23. The number of hydrogen-bond acceptors (Lipinski definition) is 3. The third kappa shape index (κ3) is 2.46. The van der Waals surface area contributed by atoms with Gasteiger partial charge in [-0.25, -0.2) is 9.97 Å². The minimum Gasteiger partial charge on any atom is -0.398 e. The van der Waals surface area contributed by atoms with Crippen LogP contribution in [0.4, 0.5) is 5.69 Å². The number of benzene rings is 1. The molecule has 0 aliphatic heterocycles. The fraction of sp³-hybridized carbons (Fsp3) is 0.375. The van der Waals surface area contributed by atoms with Crippen molar-refractivity contribution in [1.82, 2.24) is 9.97 Å². The van der Waals surface area contributed by atoms with Crippen LogP contribution in [0.25, 0.3) is 0 Å². The molecule has 0 atom stereocenters. The largest absolute Gasteiger partial charge is 0.398 e. The number of para-hydroxylation sites is 1. The van der Waals surface area contributed by atoms with Crippen LogP contribution >= 0.6 is 0 Å². The molecule has 3 heteroatoms. The zero-order chi connectivity index (χ0) is 13.2. The molecule has 3 rings (SSSR count). The molecule has 0 spiro atoms. The summed E-state index contributed by atoms with van der Waals surface area (Å²) in [5.74, 6) is 0.899. The molecule has 2 N–H and O–H groups in total. The quantitative estimate of drug-likeness (QED) is 0.837. The second kappa shape index (κ2) is 5.00. The van der Waals surface area contributed by atoms with Crippen LogP contribution in [0.1, 0.15) is 41.2 Å². The van der Waals surface area contributed by atoms with E-state index in [4.69, 9.17) is 10.7 Å². The van der Waals surface area contributed by atoms with E-state index in [1.165, 1.54) is 24.1 Å². The van der Waals surface area contributed by atoms with Crippen LogP contribution in [0.3, 0.4) is 0 Å². The van der Waals surface area contributed by atoms with Gasteiger partial charge in [0.25, 0.3) is 0 Å². The second-order valence-electron chi connectivity index (χ2n) is 5.23. The van der Waals surface area contributed by atoms with E-state index in [-0.39, 0.29) is 0 Å². The third-order valence-corrected chi connectivity index (χ3v) is 3.84. The molecule has 0 radical (unpaired) electrons. The molecule has 0 saturated carbocycles. The molecule has 1 aliphatic rings. The monoisotopic (exact) mass is 253 g/mol. The molecule has 0 unspecified atom stereocenters. The Morgan fingerprint density at radius 3 is 2.74 bits per heavy atom. The molecule has 0 bridgehead atoms. The van der Waals surface area contributed by atoms with E-state index in [1.54, 1.807) is 0 Å². The highest BCUT2D eigenvalue weighted by Gasteiger charge is 2.15. The SMILES string of the molecule is Cc1nc(Cc2ccccc2N)nc2c1CCCC2. The molecule has 0 saturated heterocycles. The zero-order valence-corrected chi connectivity index (χ0v) is 11.3. The zero-order valence-electron chi connectivity index (χ0n) is 11.3. The van der Waals surface area contributed by atoms with Crippen molar-refractivity contribution in [3.05, 3.63) is 52.6 Å². The fourth-order valence-electron chi connectivity index (χ4n) is 2.79. The summed E-state index contributed by atoms with van der Waals surface area (Å²) in [7, 11) is 0. The van der Waals surface area contributed by atoms with Crippen molar-refractivity contribution in [1.29, 1.82) is 0 Å². The molecule has 2 aromatic rings. The molecule has 1 aromatic heterocycles. The lowest BCUT2D eigenvalue weighted by atomic mass is 9.95. The molecule has 98 valence electrons. The van der Waals surface area contributed by atoms with Crippen molar-refractivity contribution in [2.75, 3.05) is 5.73 Å². The molecule has 1 heterocycles. The maximum Gasteiger partial charge on any atom is 0.133 e. The lowest BCUT2D eigenvalue weighted by Gasteiger charge is -2.17. The normalized spacial score (nSPS) is 14.2. The highest BCUT2D eigenvalue weighted by atomic mass is 14.9. The van der Waals surface area contributed by atoms with Crippen LogP contribution in [0.2, 0.25) is 0 Å². The maximum atomic E-state index is 5.99. The van der Waals surface area contributed by atoms with E-state index in [0.717, 1.165) is 42.0 Å². The van der Waals surface area contributed by atoms with E-state index in [0.29, 0.717) is 0 Å². The van der Waals surface area contributed by atoms with Crippen molar-refractivity contribution in [3.8, 4) is 0 Å². The average molecular weight is 253 g/mol. The van der Waals surface area contributed by atoms with Crippen molar-refractivity contribution >= 4 is 5.69 Å². The van der Waals surface area contributed by atoms with Gasteiger partial charge in [0.1, 0.15) is 5.82 Å². The molecule has 1 aliphatic carbocycles. The first-order chi connectivity index (χ1) is 9.24. The Hall–Kier alpha value is -1.90. The van der Waals surface area contributed by atoms with Crippen molar-refractivity contribution in [2.45, 2.75) is 39.0 Å². The lowest BCUT2D eigenvalue weighted by molar-refractivity contribution is 0.649. The summed E-state index contributed by atoms with van der Waals surface area (Å²) in [5, 5.41) is 0. The van der Waals surface area contributed by atoms with Crippen LogP contribution in [0.15, 0.2) is 24.3 Å². The topological polar surface area (TPSA) is 51.8 Å². The van der Waals surface area contributed by atoms with Crippen molar-refractivity contribution in [2.24, 2.45) is 0 Å². The number of rotatable bonds is 2. The minimum atomic E-state index is 0.723. The molecular weight excluding hydrogens is 234 g/mol. The van der Waals surface area contributed by atoms with Crippen molar-refractivity contribution in [3.63, 3.8) is 0 Å². The van der Waals surface area contributed by atoms with Gasteiger partial charge in [0, 0.05) is 23.5 Å². The first kappa shape index (κ1) is 12.2. The number of nitrogens with two attached hydrogens (primary N) is 1. The summed E-state index contributed by atoms with van der Waals surface area (Å²) in [5.41, 5.74) is 11.7. The van der Waals surface area contributed by atoms with Gasteiger partial charge in [-0.1, -0.05) is 18.2 Å². The van der Waals surface area contributed by atoms with E-state index in [2.05, 4.69) is 11.9 Å². The van der Waals surface area contributed by atoms with Gasteiger partial charge >= 0.3 is 0 Å². The number of fused-ring (bicyclic) bond motifs is 1. The number of nitrogens with zero attached hydrogens (tertiary/aromatic N) is 2. The van der Waals surface area contributed by atoms with Crippen LogP contribution in [0.5, 0.6) is 0 Å². The smallest absolute Gasteiger partial charge is 0.133 e. The Morgan fingerprint density at radius 2 is 1.89 bits per heavy atom. The summed E-state index contributed by atoms with van der Waals surface area (Å²) in [4.78, 5) is 9.40. The van der Waals surface area contributed by atoms with Gasteiger partial charge in [-0.05, 0) is 49.8 Å². The number of aryl methyl sites for hydroxylation is 2. The van der Waals surface area contributed by atoms with Gasteiger partial charge < -0.3 is 5.73 Å². The summed E-state index contributed by atoms with van der Waals surface area (Å²) >= 11 is 0. The van der Waals surface area contributed by atoms with E-state index in [9.17, 15) is 0 Å². The predicted octanol–water partition coefficient (Wildman–Crippen LogP) is 2.84. The van der Waals surface area contributed by atoms with Crippen LogP contribution in [0, 0.1) is 6.92 Å². The molecule has 19 heavy (non-hydrogen) atoms. The molecular formula is C16H19N3. The number of aromatic nitrogens is 2. The Labute approximate surface area is 113 Å². The summed E-state index contributed by atoms with van der Waals surface area (Å²) in [6.07, 6.45) is 5.46. The Kier molecular flexibility index (Phi) is 3.20. The highest BCUT2D eigenvalue weighted by molar-refractivity contribution is 5.47. The Balaban J connectivity index is 1.94. The van der Waals surface area contributed by atoms with Gasteiger partial charge in [-0.2, -0.15) is 0 Å². The molecule has 0 amide bonds. The van der Waals surface area contributed by atoms with Crippen LogP contribution in [-0.2, 0) is 19.3 Å². The summed E-state index contributed by atoms with van der Waals surface area (Å²) in [6, 6.07) is 7.95. The second-order valence-corrected chi connectivity index (χ2v) is 5.23. The summed E-state index contributed by atoms with van der Waals surface area (Å²) in [6.45, 7) is 2.10. The van der Waals surface area contributed by atoms with Gasteiger partial charge in [-0.15, -0.1) is 0 Å². The summed E-state index contributed by atoms with van der Waals surface area (Å²) < 4.78 is 0. The van der Waals surface area contributed by atoms with E-state index in [1.807, 2.05) is 24.3 Å². The number of nitrogen functional groups attached to an aromatic ring is 1. The first-order valence-corrected chi connectivity index (χ1v) is 6.92. The van der Waals surface area contributed by atoms with Crippen LogP contribution < -0.4 is 5.73 Å². The first-order valence-electron chi connectivity index (χ1n) is 6.92. The Bertz CT molecular complexity index is 605. The van der Waals surface area contributed by atoms with Gasteiger partial charge in [-0.3, -0.25) is 0 Å². The van der Waals surface area contributed by atoms with Crippen molar-refractivity contribution < 1.29 is 0 Å². The van der Waals surface area contributed by atoms with E-state index >= 15 is 0 Å². The fourth-order valence-corrected chi connectivity index (χ4v) is 2.79. The van der Waals surface area contributed by atoms with Crippen LogP contribution in [-0.4, -0.2) is 9.97 Å². The number of anilines is 1. The van der Waals surface area contributed by atoms with Gasteiger partial charge in [0.2, 0.25) is 0 Å². The molecule has 0 fully saturated rings.